The zero-order valence-corrected chi connectivity index (χ0v) is 24.4. The van der Waals surface area contributed by atoms with Crippen molar-refractivity contribution in [1.29, 1.82) is 0 Å². The van der Waals surface area contributed by atoms with Crippen LogP contribution in [0.5, 0.6) is 0 Å². The van der Waals surface area contributed by atoms with Crippen molar-refractivity contribution in [3.05, 3.63) is 41.7 Å². The van der Waals surface area contributed by atoms with Crippen LogP contribution in [0.2, 0.25) is 0 Å². The molecule has 1 atom stereocenters. The molecule has 0 aliphatic carbocycles. The smallest absolute Gasteiger partial charge is 0.322 e. The zero-order valence-electron chi connectivity index (χ0n) is 23.6. The highest BCUT2D eigenvalue weighted by Crippen LogP contribution is 2.14. The molecule has 0 saturated carbocycles. The molecule has 1 saturated heterocycles. The van der Waals surface area contributed by atoms with Crippen LogP contribution in [0.3, 0.4) is 0 Å². The van der Waals surface area contributed by atoms with Gasteiger partial charge in [-0.2, -0.15) is 0 Å². The number of carboxylic acids is 1. The number of carbonyl (C=O) groups is 3. The number of likely N-dealkylation sites (N-methyl/N-ethyl adjacent to an activating group) is 1. The molecule has 0 aromatic carbocycles. The van der Waals surface area contributed by atoms with Gasteiger partial charge in [0.2, 0.25) is 15.9 Å². The van der Waals surface area contributed by atoms with Gasteiger partial charge in [0, 0.05) is 32.4 Å². The van der Waals surface area contributed by atoms with E-state index < -0.39 is 22.0 Å². The molecule has 4 N–H and O–H groups in total. The Labute approximate surface area is 239 Å². The second-order valence-corrected chi connectivity index (χ2v) is 12.1. The topological polar surface area (TPSA) is 187 Å². The standard InChI is InChI=1S/C26H39N7O7S/c1-4-5-13-41(38,39)31-21(25(35)36)14-22-28-20(17-40-22)15-32(3)23(34)16-33-11-8-19(9-12-33)29-26(37)30-24-18(2)7-6-10-27-24/h6-7,10,17,19,21,31H,4-5,8-9,11-16H2,1-3H3,(H,35,36)(H2,27,29,30,37). The lowest BCUT2D eigenvalue weighted by Crippen LogP contribution is -2.48. The van der Waals surface area contributed by atoms with Crippen LogP contribution in [0.4, 0.5) is 10.6 Å². The summed E-state index contributed by atoms with van der Waals surface area (Å²) in [7, 11) is -2.12. The van der Waals surface area contributed by atoms with Crippen molar-refractivity contribution in [2.45, 2.75) is 64.6 Å². The molecule has 1 fully saturated rings. The van der Waals surface area contributed by atoms with E-state index in [1.165, 1.54) is 11.2 Å². The minimum absolute atomic E-state index is 0.0117. The van der Waals surface area contributed by atoms with Gasteiger partial charge < -0.3 is 19.7 Å². The molecular weight excluding hydrogens is 554 g/mol. The monoisotopic (exact) mass is 593 g/mol. The molecule has 3 amide bonds. The third-order valence-corrected chi connectivity index (χ3v) is 8.18. The molecule has 1 unspecified atom stereocenters. The first-order chi connectivity index (χ1) is 19.5. The number of rotatable bonds is 14. The van der Waals surface area contributed by atoms with Gasteiger partial charge in [0.1, 0.15) is 18.1 Å². The Morgan fingerprint density at radius 1 is 1.27 bits per heavy atom. The van der Waals surface area contributed by atoms with Gasteiger partial charge in [0.25, 0.3) is 0 Å². The number of aliphatic carboxylic acids is 1. The molecule has 15 heteroatoms. The first-order valence-corrected chi connectivity index (χ1v) is 15.2. The molecule has 0 radical (unpaired) electrons. The van der Waals surface area contributed by atoms with Gasteiger partial charge in [-0.25, -0.2) is 27.9 Å². The maximum absolute atomic E-state index is 12.8. The number of pyridine rings is 1. The minimum atomic E-state index is -3.75. The number of carbonyl (C=O) groups excluding carboxylic acids is 2. The van der Waals surface area contributed by atoms with E-state index in [-0.39, 0.29) is 49.1 Å². The lowest BCUT2D eigenvalue weighted by Gasteiger charge is -2.32. The molecule has 1 aliphatic rings. The van der Waals surface area contributed by atoms with Crippen molar-refractivity contribution in [2.75, 3.05) is 37.8 Å². The molecule has 3 heterocycles. The van der Waals surface area contributed by atoms with E-state index in [2.05, 4.69) is 25.3 Å². The Morgan fingerprint density at radius 2 is 2.00 bits per heavy atom. The molecule has 226 valence electrons. The molecule has 2 aromatic heterocycles. The Bertz CT molecular complexity index is 1290. The highest BCUT2D eigenvalue weighted by molar-refractivity contribution is 7.89. The number of oxazole rings is 1. The predicted octanol–water partition coefficient (Wildman–Crippen LogP) is 1.34. The van der Waals surface area contributed by atoms with Crippen LogP contribution in [-0.4, -0.2) is 95.7 Å². The minimum Gasteiger partial charge on any atom is -0.480 e. The SMILES string of the molecule is CCCCS(=O)(=O)NC(Cc1nc(CN(C)C(=O)CN2CCC(NC(=O)Nc3ncccc3C)CC2)co1)C(=O)O. The van der Waals surface area contributed by atoms with Crippen LogP contribution in [0.15, 0.2) is 29.0 Å². The summed E-state index contributed by atoms with van der Waals surface area (Å²) in [6, 6.07) is 1.94. The summed E-state index contributed by atoms with van der Waals surface area (Å²) in [5.74, 6) is -1.05. The summed E-state index contributed by atoms with van der Waals surface area (Å²) in [5.41, 5.74) is 1.29. The first kappa shape index (κ1) is 32.0. The van der Waals surface area contributed by atoms with Crippen LogP contribution in [0.25, 0.3) is 0 Å². The quantitative estimate of drug-likeness (QED) is 0.249. The molecule has 14 nitrogen and oxygen atoms in total. The number of amides is 3. The largest absolute Gasteiger partial charge is 0.480 e. The summed E-state index contributed by atoms with van der Waals surface area (Å²) in [4.78, 5) is 48.7. The van der Waals surface area contributed by atoms with Crippen LogP contribution in [0, 0.1) is 6.92 Å². The van der Waals surface area contributed by atoms with E-state index in [9.17, 15) is 27.9 Å². The summed E-state index contributed by atoms with van der Waals surface area (Å²) in [5, 5.41) is 15.2. The van der Waals surface area contributed by atoms with E-state index in [1.807, 2.05) is 24.8 Å². The Balaban J connectivity index is 1.42. The highest BCUT2D eigenvalue weighted by Gasteiger charge is 2.27. The summed E-state index contributed by atoms with van der Waals surface area (Å²) in [6.07, 6.45) is 5.17. The third kappa shape index (κ3) is 10.4. The average Bonchev–Trinajstić information content (AvgIpc) is 3.36. The first-order valence-electron chi connectivity index (χ1n) is 13.6. The molecule has 0 bridgehead atoms. The van der Waals surface area contributed by atoms with Gasteiger partial charge in [-0.3, -0.25) is 19.8 Å². The van der Waals surface area contributed by atoms with E-state index >= 15 is 0 Å². The number of sulfonamides is 1. The highest BCUT2D eigenvalue weighted by atomic mass is 32.2. The van der Waals surface area contributed by atoms with Gasteiger partial charge in [-0.05, 0) is 37.8 Å². The lowest BCUT2D eigenvalue weighted by atomic mass is 10.1. The van der Waals surface area contributed by atoms with E-state index in [4.69, 9.17) is 4.42 Å². The fourth-order valence-electron chi connectivity index (χ4n) is 4.30. The number of nitrogens with one attached hydrogen (secondary N) is 3. The van der Waals surface area contributed by atoms with Crippen molar-refractivity contribution in [1.82, 2.24) is 29.8 Å². The summed E-state index contributed by atoms with van der Waals surface area (Å²) in [6.45, 7) is 5.35. The van der Waals surface area contributed by atoms with E-state index in [0.29, 0.717) is 50.3 Å². The number of piperidine rings is 1. The Hall–Kier alpha value is -3.56. The fraction of sp³-hybridized carbons (Fsp3) is 0.577. The number of anilines is 1. The van der Waals surface area contributed by atoms with E-state index in [0.717, 1.165) is 5.56 Å². The maximum Gasteiger partial charge on any atom is 0.322 e. The van der Waals surface area contributed by atoms with Crippen LogP contribution in [-0.2, 0) is 32.6 Å². The molecule has 1 aliphatic heterocycles. The maximum atomic E-state index is 12.8. The number of hydrogen-bond donors (Lipinski definition) is 4. The number of carboxylic acid groups (broad SMARTS) is 1. The van der Waals surface area contributed by atoms with Crippen LogP contribution < -0.4 is 15.4 Å². The second-order valence-electron chi connectivity index (χ2n) is 10.2. The Kier molecular flexibility index (Phi) is 11.6. The average molecular weight is 594 g/mol. The van der Waals surface area contributed by atoms with Crippen LogP contribution in [0.1, 0.15) is 49.8 Å². The van der Waals surface area contributed by atoms with Crippen molar-refractivity contribution < 1.29 is 32.3 Å². The fourth-order valence-corrected chi connectivity index (χ4v) is 5.71. The lowest BCUT2D eigenvalue weighted by molar-refractivity contribution is -0.139. The Morgan fingerprint density at radius 3 is 2.66 bits per heavy atom. The summed E-state index contributed by atoms with van der Waals surface area (Å²) < 4.78 is 31.8. The van der Waals surface area contributed by atoms with Gasteiger partial charge in [0.15, 0.2) is 5.89 Å². The van der Waals surface area contributed by atoms with Crippen molar-refractivity contribution >= 4 is 33.7 Å². The zero-order chi connectivity index (χ0) is 30.0. The van der Waals surface area contributed by atoms with E-state index in [1.54, 1.807) is 19.3 Å². The van der Waals surface area contributed by atoms with Crippen LogP contribution >= 0.6 is 0 Å². The number of hydrogen-bond acceptors (Lipinski definition) is 9. The number of unbranched alkanes of at least 4 members (excludes halogenated alkanes) is 1. The molecule has 0 spiro atoms. The molecule has 3 rings (SSSR count). The van der Waals surface area contributed by atoms with Gasteiger partial charge in [-0.15, -0.1) is 0 Å². The van der Waals surface area contributed by atoms with Crippen molar-refractivity contribution in [3.63, 3.8) is 0 Å². The second kappa shape index (κ2) is 14.9. The number of aromatic nitrogens is 2. The number of urea groups is 1. The number of aryl methyl sites for hydroxylation is 1. The van der Waals surface area contributed by atoms with Crippen molar-refractivity contribution in [2.24, 2.45) is 0 Å². The molecule has 41 heavy (non-hydrogen) atoms. The number of nitrogens with zero attached hydrogens (tertiary/aromatic N) is 4. The van der Waals surface area contributed by atoms with Crippen molar-refractivity contribution in [3.8, 4) is 0 Å². The summed E-state index contributed by atoms with van der Waals surface area (Å²) >= 11 is 0. The number of likely N-dealkylation sites (tertiary alicyclic amines) is 1. The predicted molar refractivity (Wildman–Crippen MR) is 151 cm³/mol. The molecule has 2 aromatic rings. The third-order valence-electron chi connectivity index (χ3n) is 6.71. The van der Waals surface area contributed by atoms with Gasteiger partial charge >= 0.3 is 12.0 Å². The normalized spacial score (nSPS) is 15.3. The van der Waals surface area contributed by atoms with Gasteiger partial charge in [0.05, 0.1) is 31.0 Å². The molecular formula is C26H39N7O7S. The van der Waals surface area contributed by atoms with Gasteiger partial charge in [-0.1, -0.05) is 19.4 Å².